The van der Waals surface area contributed by atoms with Crippen LogP contribution in [0.2, 0.25) is 0 Å². The Morgan fingerprint density at radius 2 is 2.00 bits per heavy atom. The second kappa shape index (κ2) is 7.04. The SMILES string of the molecule is CCOC(=O)c1cccc(NC(=O)C2Oc3ccccc3NC2=O)c1. The van der Waals surface area contributed by atoms with Gasteiger partial charge >= 0.3 is 5.97 Å². The number of amides is 2. The molecule has 2 aromatic rings. The molecule has 128 valence electrons. The lowest BCUT2D eigenvalue weighted by Gasteiger charge is -2.24. The van der Waals surface area contributed by atoms with Crippen LogP contribution in [0.3, 0.4) is 0 Å². The Morgan fingerprint density at radius 1 is 1.20 bits per heavy atom. The molecular weight excluding hydrogens is 324 g/mol. The zero-order chi connectivity index (χ0) is 17.8. The highest BCUT2D eigenvalue weighted by molar-refractivity contribution is 6.15. The average Bonchev–Trinajstić information content (AvgIpc) is 2.61. The third-order valence-electron chi connectivity index (χ3n) is 3.51. The number of benzene rings is 2. The van der Waals surface area contributed by atoms with Gasteiger partial charge in [-0.1, -0.05) is 18.2 Å². The van der Waals surface area contributed by atoms with Crippen LogP contribution in [0.1, 0.15) is 17.3 Å². The van der Waals surface area contributed by atoms with E-state index >= 15 is 0 Å². The van der Waals surface area contributed by atoms with E-state index in [1.165, 1.54) is 6.07 Å². The predicted molar refractivity (Wildman–Crippen MR) is 90.5 cm³/mol. The largest absolute Gasteiger partial charge is 0.468 e. The summed E-state index contributed by atoms with van der Waals surface area (Å²) in [4.78, 5) is 36.2. The van der Waals surface area contributed by atoms with Gasteiger partial charge < -0.3 is 20.1 Å². The van der Waals surface area contributed by atoms with Crippen LogP contribution in [0.15, 0.2) is 48.5 Å². The van der Waals surface area contributed by atoms with Gasteiger partial charge in [-0.3, -0.25) is 9.59 Å². The molecule has 0 radical (unpaired) electrons. The van der Waals surface area contributed by atoms with Crippen LogP contribution in [0.4, 0.5) is 11.4 Å². The van der Waals surface area contributed by atoms with E-state index in [-0.39, 0.29) is 6.61 Å². The first-order chi connectivity index (χ1) is 12.1. The second-order valence-electron chi connectivity index (χ2n) is 5.27. The molecule has 1 aliphatic heterocycles. The first-order valence-corrected chi connectivity index (χ1v) is 7.73. The molecule has 2 aromatic carbocycles. The maximum Gasteiger partial charge on any atom is 0.338 e. The number of anilines is 2. The first-order valence-electron chi connectivity index (χ1n) is 7.73. The molecule has 7 nitrogen and oxygen atoms in total. The zero-order valence-corrected chi connectivity index (χ0v) is 13.4. The molecule has 7 heteroatoms. The van der Waals surface area contributed by atoms with Gasteiger partial charge in [0, 0.05) is 5.69 Å². The Kier molecular flexibility index (Phi) is 4.65. The van der Waals surface area contributed by atoms with Crippen LogP contribution in [-0.2, 0) is 14.3 Å². The average molecular weight is 340 g/mol. The van der Waals surface area contributed by atoms with Gasteiger partial charge in [0.05, 0.1) is 17.9 Å². The smallest absolute Gasteiger partial charge is 0.338 e. The lowest BCUT2D eigenvalue weighted by molar-refractivity contribution is -0.133. The maximum absolute atomic E-state index is 12.4. The lowest BCUT2D eigenvalue weighted by Crippen LogP contribution is -2.45. The van der Waals surface area contributed by atoms with Gasteiger partial charge in [0.25, 0.3) is 17.9 Å². The molecule has 0 saturated carbocycles. The predicted octanol–water partition coefficient (Wildman–Crippen LogP) is 2.20. The molecule has 0 bridgehead atoms. The van der Waals surface area contributed by atoms with Crippen LogP contribution in [-0.4, -0.2) is 30.5 Å². The quantitative estimate of drug-likeness (QED) is 0.657. The topological polar surface area (TPSA) is 93.7 Å². The van der Waals surface area contributed by atoms with Crippen LogP contribution >= 0.6 is 0 Å². The summed E-state index contributed by atoms with van der Waals surface area (Å²) in [5.74, 6) is -1.26. The number of para-hydroxylation sites is 2. The summed E-state index contributed by atoms with van der Waals surface area (Å²) in [5.41, 5.74) is 1.19. The minimum atomic E-state index is -1.32. The van der Waals surface area contributed by atoms with E-state index in [2.05, 4.69) is 10.6 Å². The van der Waals surface area contributed by atoms with E-state index in [9.17, 15) is 14.4 Å². The van der Waals surface area contributed by atoms with Gasteiger partial charge in [-0.05, 0) is 37.3 Å². The van der Waals surface area contributed by atoms with E-state index in [0.717, 1.165) is 0 Å². The number of hydrogen-bond donors (Lipinski definition) is 2. The minimum Gasteiger partial charge on any atom is -0.468 e. The van der Waals surface area contributed by atoms with Crippen molar-refractivity contribution in [2.24, 2.45) is 0 Å². The number of rotatable bonds is 4. The summed E-state index contributed by atoms with van der Waals surface area (Å²) < 4.78 is 10.4. The van der Waals surface area contributed by atoms with E-state index in [0.29, 0.717) is 22.7 Å². The van der Waals surface area contributed by atoms with Crippen molar-refractivity contribution in [2.75, 3.05) is 17.2 Å². The van der Waals surface area contributed by atoms with E-state index < -0.39 is 23.9 Å². The summed E-state index contributed by atoms with van der Waals surface area (Å²) >= 11 is 0. The third kappa shape index (κ3) is 3.60. The summed E-state index contributed by atoms with van der Waals surface area (Å²) in [6, 6.07) is 13.1. The normalized spacial score (nSPS) is 15.4. The summed E-state index contributed by atoms with van der Waals surface area (Å²) in [7, 11) is 0. The number of fused-ring (bicyclic) bond motifs is 1. The van der Waals surface area contributed by atoms with Crippen molar-refractivity contribution in [1.29, 1.82) is 0 Å². The number of carbonyl (C=O) groups is 3. The molecule has 2 N–H and O–H groups in total. The Balaban J connectivity index is 1.73. The fourth-order valence-electron chi connectivity index (χ4n) is 2.37. The Morgan fingerprint density at radius 3 is 2.80 bits per heavy atom. The van der Waals surface area contributed by atoms with Crippen LogP contribution in [0.5, 0.6) is 5.75 Å². The third-order valence-corrected chi connectivity index (χ3v) is 3.51. The fraction of sp³-hybridized carbons (Fsp3) is 0.167. The zero-order valence-electron chi connectivity index (χ0n) is 13.4. The highest BCUT2D eigenvalue weighted by atomic mass is 16.5. The molecule has 0 saturated heterocycles. The van der Waals surface area contributed by atoms with Gasteiger partial charge in [-0.15, -0.1) is 0 Å². The van der Waals surface area contributed by atoms with Crippen LogP contribution in [0.25, 0.3) is 0 Å². The molecule has 25 heavy (non-hydrogen) atoms. The molecule has 1 atom stereocenters. The van der Waals surface area contributed by atoms with E-state index in [1.807, 2.05) is 0 Å². The van der Waals surface area contributed by atoms with Gasteiger partial charge in [0.2, 0.25) is 0 Å². The Bertz CT molecular complexity index is 834. The molecule has 0 aliphatic carbocycles. The number of carbonyl (C=O) groups excluding carboxylic acids is 3. The molecule has 1 unspecified atom stereocenters. The molecule has 0 fully saturated rings. The summed E-state index contributed by atoms with van der Waals surface area (Å²) in [5, 5.41) is 5.20. The molecule has 0 aromatic heterocycles. The summed E-state index contributed by atoms with van der Waals surface area (Å²) in [6.45, 7) is 1.96. The summed E-state index contributed by atoms with van der Waals surface area (Å²) in [6.07, 6.45) is -1.32. The van der Waals surface area contributed by atoms with Crippen LogP contribution in [0, 0.1) is 0 Å². The monoisotopic (exact) mass is 340 g/mol. The molecule has 3 rings (SSSR count). The van der Waals surface area contributed by atoms with E-state index in [4.69, 9.17) is 9.47 Å². The lowest BCUT2D eigenvalue weighted by atomic mass is 10.1. The van der Waals surface area contributed by atoms with Crippen molar-refractivity contribution >= 4 is 29.2 Å². The van der Waals surface area contributed by atoms with Gasteiger partial charge in [-0.2, -0.15) is 0 Å². The Labute approximate surface area is 143 Å². The van der Waals surface area contributed by atoms with Crippen molar-refractivity contribution in [3.63, 3.8) is 0 Å². The highest BCUT2D eigenvalue weighted by Gasteiger charge is 2.33. The van der Waals surface area contributed by atoms with Crippen LogP contribution < -0.4 is 15.4 Å². The number of hydrogen-bond acceptors (Lipinski definition) is 5. The fourth-order valence-corrected chi connectivity index (χ4v) is 2.37. The second-order valence-corrected chi connectivity index (χ2v) is 5.27. The molecule has 2 amide bonds. The van der Waals surface area contributed by atoms with E-state index in [1.54, 1.807) is 49.4 Å². The maximum atomic E-state index is 12.4. The first kappa shape index (κ1) is 16.5. The molecule has 1 aliphatic rings. The number of nitrogens with one attached hydrogen (secondary N) is 2. The Hall–Kier alpha value is -3.35. The minimum absolute atomic E-state index is 0.255. The highest BCUT2D eigenvalue weighted by Crippen LogP contribution is 2.29. The van der Waals surface area contributed by atoms with Crippen molar-refractivity contribution in [3.05, 3.63) is 54.1 Å². The van der Waals surface area contributed by atoms with Gasteiger partial charge in [0.1, 0.15) is 5.75 Å². The van der Waals surface area contributed by atoms with Gasteiger partial charge in [-0.25, -0.2) is 4.79 Å². The van der Waals surface area contributed by atoms with Gasteiger partial charge in [0.15, 0.2) is 0 Å². The van der Waals surface area contributed by atoms with Crippen molar-refractivity contribution in [1.82, 2.24) is 0 Å². The molecule has 1 heterocycles. The number of esters is 1. The van der Waals surface area contributed by atoms with Crippen molar-refractivity contribution in [2.45, 2.75) is 13.0 Å². The standard InChI is InChI=1S/C18H16N2O5/c1-2-24-18(23)11-6-5-7-12(10-11)19-16(21)15-17(22)20-13-8-3-4-9-14(13)25-15/h3-10,15H,2H2,1H3,(H,19,21)(H,20,22). The number of ether oxygens (including phenoxy) is 2. The van der Waals surface area contributed by atoms with Crippen molar-refractivity contribution < 1.29 is 23.9 Å². The van der Waals surface area contributed by atoms with Crippen molar-refractivity contribution in [3.8, 4) is 5.75 Å². The molecule has 0 spiro atoms. The molecular formula is C18H16N2O5.